The van der Waals surface area contributed by atoms with Crippen LogP contribution in [-0.2, 0) is 0 Å². The molecule has 2 aromatic rings. The first-order valence-corrected chi connectivity index (χ1v) is 6.41. The van der Waals surface area contributed by atoms with E-state index in [0.29, 0.717) is 17.9 Å². The molecule has 0 radical (unpaired) electrons. The van der Waals surface area contributed by atoms with E-state index in [1.165, 1.54) is 0 Å². The molecule has 0 aromatic heterocycles. The van der Waals surface area contributed by atoms with Gasteiger partial charge < -0.3 is 14.6 Å². The number of hydrogen-bond acceptors (Lipinski definition) is 3. The van der Waals surface area contributed by atoms with E-state index in [1.54, 1.807) is 43.5 Å². The molecule has 2 rings (SSSR count). The topological polar surface area (TPSA) is 55.8 Å². The molecule has 4 nitrogen and oxygen atoms in total. The Balaban J connectivity index is 2.45. The van der Waals surface area contributed by atoms with Gasteiger partial charge in [0, 0.05) is 0 Å². The van der Waals surface area contributed by atoms with Crippen molar-refractivity contribution in [2.75, 3.05) is 13.7 Å². The van der Waals surface area contributed by atoms with Gasteiger partial charge in [0.25, 0.3) is 0 Å². The molecule has 0 heterocycles. The zero-order valence-corrected chi connectivity index (χ0v) is 11.7. The van der Waals surface area contributed by atoms with E-state index < -0.39 is 5.97 Å². The van der Waals surface area contributed by atoms with Gasteiger partial charge in [0.15, 0.2) is 0 Å². The number of hydrogen-bond donors (Lipinski definition) is 1. The van der Waals surface area contributed by atoms with Crippen molar-refractivity contribution in [2.24, 2.45) is 0 Å². The zero-order valence-electron chi connectivity index (χ0n) is 11.7. The van der Waals surface area contributed by atoms with E-state index in [4.69, 9.17) is 9.47 Å². The lowest BCUT2D eigenvalue weighted by Gasteiger charge is -2.10. The molecule has 21 heavy (non-hydrogen) atoms. The van der Waals surface area contributed by atoms with Crippen molar-refractivity contribution in [2.45, 2.75) is 0 Å². The van der Waals surface area contributed by atoms with E-state index in [-0.39, 0.29) is 5.56 Å². The number of methoxy groups -OCH3 is 1. The van der Waals surface area contributed by atoms with Crippen LogP contribution in [-0.4, -0.2) is 24.8 Å². The maximum Gasteiger partial charge on any atom is 0.336 e. The van der Waals surface area contributed by atoms with Gasteiger partial charge in [-0.3, -0.25) is 0 Å². The normalized spacial score (nSPS) is 9.95. The number of ether oxygens (including phenoxy) is 2. The standard InChI is InChI=1S/C17H16O4/c1-3-10-21-14-8-9-15(17(18)19)16(11-14)12-4-6-13(20-2)7-5-12/h3-9,11H,1,10H2,2H3,(H,18,19). The third kappa shape index (κ3) is 3.42. The number of rotatable bonds is 6. The highest BCUT2D eigenvalue weighted by atomic mass is 16.5. The summed E-state index contributed by atoms with van der Waals surface area (Å²) in [6.07, 6.45) is 1.64. The summed E-state index contributed by atoms with van der Waals surface area (Å²) >= 11 is 0. The summed E-state index contributed by atoms with van der Waals surface area (Å²) in [5.41, 5.74) is 1.62. The molecule has 0 aliphatic heterocycles. The summed E-state index contributed by atoms with van der Waals surface area (Å²) in [6, 6.07) is 12.1. The van der Waals surface area contributed by atoms with Crippen LogP contribution in [0.4, 0.5) is 0 Å². The number of carbonyl (C=O) groups is 1. The Morgan fingerprint density at radius 1 is 1.19 bits per heavy atom. The van der Waals surface area contributed by atoms with Crippen molar-refractivity contribution in [3.63, 3.8) is 0 Å². The van der Waals surface area contributed by atoms with Gasteiger partial charge in [-0.2, -0.15) is 0 Å². The van der Waals surface area contributed by atoms with Gasteiger partial charge in [-0.1, -0.05) is 24.8 Å². The molecule has 1 N–H and O–H groups in total. The molecule has 0 spiro atoms. The summed E-state index contributed by atoms with van der Waals surface area (Å²) < 4.78 is 10.6. The second kappa shape index (κ2) is 6.61. The summed E-state index contributed by atoms with van der Waals surface area (Å²) in [5.74, 6) is 0.344. The van der Waals surface area contributed by atoms with Crippen molar-refractivity contribution in [1.82, 2.24) is 0 Å². The number of carboxylic acids is 1. The van der Waals surface area contributed by atoms with Gasteiger partial charge in [0.1, 0.15) is 18.1 Å². The monoisotopic (exact) mass is 284 g/mol. The van der Waals surface area contributed by atoms with Gasteiger partial charge in [0.05, 0.1) is 12.7 Å². The SMILES string of the molecule is C=CCOc1ccc(C(=O)O)c(-c2ccc(OC)cc2)c1. The summed E-state index contributed by atoms with van der Waals surface area (Å²) in [7, 11) is 1.58. The molecule has 0 saturated carbocycles. The molecule has 2 aromatic carbocycles. The molecule has 0 atom stereocenters. The van der Waals surface area contributed by atoms with Crippen LogP contribution in [0.5, 0.6) is 11.5 Å². The molecular formula is C17H16O4. The van der Waals surface area contributed by atoms with Crippen LogP contribution in [0.25, 0.3) is 11.1 Å². The molecule has 0 bridgehead atoms. The fourth-order valence-corrected chi connectivity index (χ4v) is 1.96. The Hall–Kier alpha value is -2.75. The lowest BCUT2D eigenvalue weighted by atomic mass is 9.99. The third-order valence-corrected chi connectivity index (χ3v) is 2.99. The molecule has 108 valence electrons. The lowest BCUT2D eigenvalue weighted by molar-refractivity contribution is 0.0697. The highest BCUT2D eigenvalue weighted by Gasteiger charge is 2.13. The second-order valence-electron chi connectivity index (χ2n) is 4.34. The fraction of sp³-hybridized carbons (Fsp3) is 0.118. The van der Waals surface area contributed by atoms with Gasteiger partial charge in [-0.05, 0) is 41.5 Å². The molecule has 0 aliphatic carbocycles. The Morgan fingerprint density at radius 3 is 2.43 bits per heavy atom. The van der Waals surface area contributed by atoms with Crippen molar-refractivity contribution in [3.05, 3.63) is 60.7 Å². The first-order chi connectivity index (χ1) is 10.2. The lowest BCUT2D eigenvalue weighted by Crippen LogP contribution is -2.01. The molecule has 4 heteroatoms. The minimum atomic E-state index is -0.976. The van der Waals surface area contributed by atoms with Crippen LogP contribution in [0.2, 0.25) is 0 Å². The second-order valence-corrected chi connectivity index (χ2v) is 4.34. The Kier molecular flexibility index (Phi) is 4.61. The van der Waals surface area contributed by atoms with Crippen LogP contribution in [0.1, 0.15) is 10.4 Å². The van der Waals surface area contributed by atoms with Crippen molar-refractivity contribution in [1.29, 1.82) is 0 Å². The van der Waals surface area contributed by atoms with Gasteiger partial charge >= 0.3 is 5.97 Å². The van der Waals surface area contributed by atoms with Crippen LogP contribution in [0.15, 0.2) is 55.1 Å². The van der Waals surface area contributed by atoms with Crippen molar-refractivity contribution >= 4 is 5.97 Å². The van der Waals surface area contributed by atoms with Crippen molar-refractivity contribution < 1.29 is 19.4 Å². The van der Waals surface area contributed by atoms with Gasteiger partial charge in [-0.15, -0.1) is 0 Å². The largest absolute Gasteiger partial charge is 0.497 e. The average Bonchev–Trinajstić information content (AvgIpc) is 2.52. The quantitative estimate of drug-likeness (QED) is 0.823. The minimum Gasteiger partial charge on any atom is -0.497 e. The van der Waals surface area contributed by atoms with Gasteiger partial charge in [0.2, 0.25) is 0 Å². The Labute approximate surface area is 123 Å². The van der Waals surface area contributed by atoms with Crippen LogP contribution in [0.3, 0.4) is 0 Å². The highest BCUT2D eigenvalue weighted by molar-refractivity contribution is 5.96. The predicted molar refractivity (Wildman–Crippen MR) is 81.1 cm³/mol. The molecule has 0 unspecified atom stereocenters. The summed E-state index contributed by atoms with van der Waals surface area (Å²) in [4.78, 5) is 11.4. The minimum absolute atomic E-state index is 0.228. The summed E-state index contributed by atoms with van der Waals surface area (Å²) in [5, 5.41) is 9.31. The van der Waals surface area contributed by atoms with E-state index in [2.05, 4.69) is 6.58 Å². The smallest absolute Gasteiger partial charge is 0.336 e. The van der Waals surface area contributed by atoms with Gasteiger partial charge in [-0.25, -0.2) is 4.79 Å². The number of benzene rings is 2. The third-order valence-electron chi connectivity index (χ3n) is 2.99. The molecule has 0 aliphatic rings. The van der Waals surface area contributed by atoms with E-state index >= 15 is 0 Å². The van der Waals surface area contributed by atoms with Crippen LogP contribution >= 0.6 is 0 Å². The average molecular weight is 284 g/mol. The van der Waals surface area contributed by atoms with E-state index in [0.717, 1.165) is 11.3 Å². The first-order valence-electron chi connectivity index (χ1n) is 6.41. The maximum atomic E-state index is 11.4. The molecule has 0 saturated heterocycles. The first kappa shape index (κ1) is 14.7. The van der Waals surface area contributed by atoms with Crippen LogP contribution < -0.4 is 9.47 Å². The Bertz CT molecular complexity index is 644. The Morgan fingerprint density at radius 2 is 1.86 bits per heavy atom. The summed E-state index contributed by atoms with van der Waals surface area (Å²) in [6.45, 7) is 3.96. The number of aromatic carboxylic acids is 1. The predicted octanol–water partition coefficient (Wildman–Crippen LogP) is 3.63. The van der Waals surface area contributed by atoms with E-state index in [1.807, 2.05) is 12.1 Å². The molecule has 0 amide bonds. The number of carboxylic acid groups (broad SMARTS) is 1. The highest BCUT2D eigenvalue weighted by Crippen LogP contribution is 2.29. The zero-order chi connectivity index (χ0) is 15.2. The van der Waals surface area contributed by atoms with Crippen molar-refractivity contribution in [3.8, 4) is 22.6 Å². The van der Waals surface area contributed by atoms with E-state index in [9.17, 15) is 9.90 Å². The molecule has 0 fully saturated rings. The fourth-order valence-electron chi connectivity index (χ4n) is 1.96. The maximum absolute atomic E-state index is 11.4. The molecular weight excluding hydrogens is 268 g/mol. The van der Waals surface area contributed by atoms with Crippen LogP contribution in [0, 0.1) is 0 Å².